The van der Waals surface area contributed by atoms with Gasteiger partial charge in [-0.3, -0.25) is 14.4 Å². The maximum Gasteiger partial charge on any atom is 0.162 e. The predicted octanol–water partition coefficient (Wildman–Crippen LogP) is 4.28. The average molecular weight is 412 g/mol. The Kier molecular flexibility index (Phi) is 4.20. The van der Waals surface area contributed by atoms with Gasteiger partial charge < -0.3 is 0 Å². The van der Waals surface area contributed by atoms with Crippen LogP contribution in [0.15, 0.2) is 23.2 Å². The summed E-state index contributed by atoms with van der Waals surface area (Å²) in [5.74, 6) is 0.247. The summed E-state index contributed by atoms with van der Waals surface area (Å²) in [6.07, 6.45) is 2.08. The van der Waals surface area contributed by atoms with Crippen molar-refractivity contribution >= 4 is 22.8 Å². The maximum absolute atomic E-state index is 14.8. The molecule has 0 spiro atoms. The second-order valence-corrected chi connectivity index (χ2v) is 8.50. The van der Waals surface area contributed by atoms with E-state index in [-0.39, 0.29) is 11.3 Å². The van der Waals surface area contributed by atoms with Crippen molar-refractivity contribution in [2.45, 2.75) is 45.6 Å². The zero-order valence-electron chi connectivity index (χ0n) is 16.0. The van der Waals surface area contributed by atoms with E-state index in [9.17, 15) is 13.6 Å². The van der Waals surface area contributed by atoms with E-state index in [2.05, 4.69) is 10.2 Å². The van der Waals surface area contributed by atoms with Crippen LogP contribution in [-0.4, -0.2) is 26.3 Å². The minimum atomic E-state index is -0.652. The lowest BCUT2D eigenvalue weighted by atomic mass is 9.96. The van der Waals surface area contributed by atoms with Crippen molar-refractivity contribution < 1.29 is 13.6 Å². The summed E-state index contributed by atoms with van der Waals surface area (Å²) in [4.78, 5) is 17.8. The Bertz CT molecular complexity index is 1170. The van der Waals surface area contributed by atoms with Crippen LogP contribution in [0.2, 0.25) is 0 Å². The molecule has 1 aliphatic carbocycles. The number of aliphatic imine (C=N–C) groups is 1. The lowest BCUT2D eigenvalue weighted by Crippen LogP contribution is -2.13. The Morgan fingerprint density at radius 1 is 1.07 bits per heavy atom. The largest absolute Gasteiger partial charge is 0.300 e. The minimum Gasteiger partial charge on any atom is -0.300 e. The van der Waals surface area contributed by atoms with Gasteiger partial charge in [0.2, 0.25) is 0 Å². The van der Waals surface area contributed by atoms with Crippen LogP contribution >= 0.6 is 11.3 Å². The number of carbonyl (C=O) groups is 1. The van der Waals surface area contributed by atoms with Gasteiger partial charge in [-0.05, 0) is 44.4 Å². The molecule has 1 aliphatic heterocycles. The molecule has 8 heteroatoms. The van der Waals surface area contributed by atoms with Crippen LogP contribution in [0, 0.1) is 18.6 Å². The molecule has 0 saturated carbocycles. The van der Waals surface area contributed by atoms with Crippen LogP contribution in [0.5, 0.6) is 0 Å². The monoisotopic (exact) mass is 412 g/mol. The van der Waals surface area contributed by atoms with Gasteiger partial charge in [-0.1, -0.05) is 6.07 Å². The number of hydrogen-bond acceptors (Lipinski definition) is 5. The van der Waals surface area contributed by atoms with Crippen molar-refractivity contribution in [3.05, 3.63) is 63.0 Å². The Hall–Kier alpha value is -2.74. The highest BCUT2D eigenvalue weighted by molar-refractivity contribution is 7.15. The molecule has 148 valence electrons. The first kappa shape index (κ1) is 18.3. The summed E-state index contributed by atoms with van der Waals surface area (Å²) in [6.45, 7) is 3.70. The van der Waals surface area contributed by atoms with Gasteiger partial charge in [-0.2, -0.15) is 0 Å². The number of halogens is 2. The fourth-order valence-electron chi connectivity index (χ4n) is 4.14. The quantitative estimate of drug-likeness (QED) is 0.561. The van der Waals surface area contributed by atoms with Crippen molar-refractivity contribution in [3.8, 4) is 5.00 Å². The number of ketones is 1. The van der Waals surface area contributed by atoms with E-state index in [1.54, 1.807) is 11.3 Å². The van der Waals surface area contributed by atoms with Gasteiger partial charge in [0, 0.05) is 23.3 Å². The molecule has 5 rings (SSSR count). The van der Waals surface area contributed by atoms with Crippen LogP contribution in [0.25, 0.3) is 5.00 Å². The smallest absolute Gasteiger partial charge is 0.162 e. The van der Waals surface area contributed by atoms with Crippen LogP contribution < -0.4 is 0 Å². The van der Waals surface area contributed by atoms with Crippen molar-refractivity contribution in [1.82, 2.24) is 14.8 Å². The molecule has 1 atom stereocenters. The number of benzene rings is 1. The number of nitrogens with zero attached hydrogens (tertiary/aromatic N) is 4. The minimum absolute atomic E-state index is 0.131. The first-order chi connectivity index (χ1) is 14.0. The van der Waals surface area contributed by atoms with Crippen molar-refractivity contribution in [2.75, 3.05) is 0 Å². The summed E-state index contributed by atoms with van der Waals surface area (Å²) in [6, 6.07) is 3.42. The highest BCUT2D eigenvalue weighted by atomic mass is 32.1. The molecule has 0 N–H and O–H groups in total. The summed E-state index contributed by atoms with van der Waals surface area (Å²) >= 11 is 1.55. The molecule has 2 aliphatic rings. The molecule has 0 saturated heterocycles. The third kappa shape index (κ3) is 2.77. The molecule has 0 fully saturated rings. The molecule has 0 bridgehead atoms. The van der Waals surface area contributed by atoms with E-state index in [1.807, 2.05) is 18.4 Å². The molecule has 3 aromatic rings. The standard InChI is InChI=1S/C21H18F2N4OS/c1-10-20-26-25-11(2)27(20)21-17(13-8-6-12(28)7-9-16(13)29-21)19(24-10)18-14(22)4-3-5-15(18)23/h3-5,10H,6-9H2,1-2H3/t10-/m0/s1. The average Bonchev–Trinajstić information content (AvgIpc) is 3.14. The van der Waals surface area contributed by atoms with Gasteiger partial charge in [0.1, 0.15) is 34.3 Å². The molecule has 1 aromatic carbocycles. The van der Waals surface area contributed by atoms with Gasteiger partial charge in [0.25, 0.3) is 0 Å². The molecule has 0 amide bonds. The number of fused-ring (bicyclic) bond motifs is 5. The number of aromatic nitrogens is 3. The Morgan fingerprint density at radius 2 is 1.79 bits per heavy atom. The lowest BCUT2D eigenvalue weighted by Gasteiger charge is -2.12. The SMILES string of the molecule is Cc1nnc2n1-c1sc3c(c1C(c1c(F)cccc1F)=N[C@H]2C)CCC(=O)CC3. The zero-order chi connectivity index (χ0) is 20.3. The summed E-state index contributed by atoms with van der Waals surface area (Å²) in [5, 5.41) is 9.31. The van der Waals surface area contributed by atoms with E-state index < -0.39 is 17.7 Å². The highest BCUT2D eigenvalue weighted by Crippen LogP contribution is 2.41. The highest BCUT2D eigenvalue weighted by Gasteiger charge is 2.34. The molecule has 2 aromatic heterocycles. The van der Waals surface area contributed by atoms with E-state index in [0.717, 1.165) is 15.4 Å². The third-order valence-corrected chi connectivity index (χ3v) is 6.82. The number of hydrogen-bond donors (Lipinski definition) is 0. The van der Waals surface area contributed by atoms with E-state index in [0.29, 0.717) is 48.6 Å². The second kappa shape index (κ2) is 6.66. The number of thiophene rings is 1. The Labute approximate surface area is 170 Å². The summed E-state index contributed by atoms with van der Waals surface area (Å²) in [7, 11) is 0. The predicted molar refractivity (Wildman–Crippen MR) is 106 cm³/mol. The van der Waals surface area contributed by atoms with Gasteiger partial charge in [-0.25, -0.2) is 8.78 Å². The number of aryl methyl sites for hydroxylation is 2. The maximum atomic E-state index is 14.8. The molecular formula is C21H18F2N4OS. The van der Waals surface area contributed by atoms with Gasteiger partial charge >= 0.3 is 0 Å². The topological polar surface area (TPSA) is 60.1 Å². The van der Waals surface area contributed by atoms with Crippen molar-refractivity contribution in [3.63, 3.8) is 0 Å². The zero-order valence-corrected chi connectivity index (χ0v) is 16.8. The summed E-state index contributed by atoms with van der Waals surface area (Å²) in [5.41, 5.74) is 1.83. The molecule has 3 heterocycles. The van der Waals surface area contributed by atoms with E-state index in [4.69, 9.17) is 4.99 Å². The van der Waals surface area contributed by atoms with Crippen molar-refractivity contribution in [1.29, 1.82) is 0 Å². The molecular weight excluding hydrogens is 394 g/mol. The van der Waals surface area contributed by atoms with Crippen LogP contribution in [0.1, 0.15) is 59.0 Å². The fourth-order valence-corrected chi connectivity index (χ4v) is 5.54. The first-order valence-corrected chi connectivity index (χ1v) is 10.4. The van der Waals surface area contributed by atoms with Gasteiger partial charge in [0.05, 0.1) is 11.3 Å². The molecule has 0 unspecified atom stereocenters. The van der Waals surface area contributed by atoms with Crippen LogP contribution in [0.4, 0.5) is 8.78 Å². The second-order valence-electron chi connectivity index (χ2n) is 7.41. The molecule has 5 nitrogen and oxygen atoms in total. The lowest BCUT2D eigenvalue weighted by molar-refractivity contribution is -0.118. The van der Waals surface area contributed by atoms with E-state index in [1.165, 1.54) is 18.2 Å². The first-order valence-electron chi connectivity index (χ1n) is 9.56. The van der Waals surface area contributed by atoms with Gasteiger partial charge in [0.15, 0.2) is 5.82 Å². The third-order valence-electron chi connectivity index (χ3n) is 5.54. The Balaban J connectivity index is 1.85. The van der Waals surface area contributed by atoms with Crippen molar-refractivity contribution in [2.24, 2.45) is 4.99 Å². The molecule has 0 radical (unpaired) electrons. The summed E-state index contributed by atoms with van der Waals surface area (Å²) < 4.78 is 31.5. The van der Waals surface area contributed by atoms with E-state index >= 15 is 0 Å². The number of Topliss-reactive ketones (excluding diaryl/α,β-unsaturated/α-hetero) is 1. The molecule has 29 heavy (non-hydrogen) atoms. The normalized spacial score (nSPS) is 18.4. The van der Waals surface area contributed by atoms with Crippen LogP contribution in [0.3, 0.4) is 0 Å². The van der Waals surface area contributed by atoms with Gasteiger partial charge in [-0.15, -0.1) is 21.5 Å². The number of rotatable bonds is 1. The fraction of sp³-hybridized carbons (Fsp3) is 0.333. The van der Waals surface area contributed by atoms with Crippen LogP contribution in [-0.2, 0) is 17.6 Å². The number of carbonyl (C=O) groups excluding carboxylic acids is 1. The Morgan fingerprint density at radius 3 is 2.55 bits per heavy atom.